The lowest BCUT2D eigenvalue weighted by atomic mass is 9.96. The van der Waals surface area contributed by atoms with Gasteiger partial charge in [-0.25, -0.2) is 0 Å². The van der Waals surface area contributed by atoms with Crippen LogP contribution in [0.2, 0.25) is 0 Å². The lowest BCUT2D eigenvalue weighted by molar-refractivity contribution is 0.565. The van der Waals surface area contributed by atoms with Crippen molar-refractivity contribution in [1.29, 1.82) is 0 Å². The molecule has 36 heavy (non-hydrogen) atoms. The molecule has 0 spiro atoms. The summed E-state index contributed by atoms with van der Waals surface area (Å²) >= 11 is 9.61. The molecule has 2 unspecified atom stereocenters. The van der Waals surface area contributed by atoms with Crippen molar-refractivity contribution >= 4 is 38.9 Å². The Bertz CT molecular complexity index is 1440. The second kappa shape index (κ2) is 9.83. The maximum absolute atomic E-state index is 5.96. The highest BCUT2D eigenvalue weighted by molar-refractivity contribution is 9.10. The molecule has 2 aromatic heterocycles. The van der Waals surface area contributed by atoms with Gasteiger partial charge in [-0.1, -0.05) is 47.1 Å². The molecule has 1 aliphatic rings. The van der Waals surface area contributed by atoms with Crippen LogP contribution in [-0.2, 0) is 6.42 Å². The molecule has 1 aliphatic heterocycles. The van der Waals surface area contributed by atoms with Crippen LogP contribution in [0.4, 0.5) is 5.69 Å². The monoisotopic (exact) mass is 558 g/mol. The average molecular weight is 560 g/mol. The lowest BCUT2D eigenvalue weighted by Crippen LogP contribution is -2.29. The highest BCUT2D eigenvalue weighted by atomic mass is 79.9. The number of hydrogen-bond donors (Lipinski definition) is 1. The van der Waals surface area contributed by atoms with Crippen LogP contribution in [0.3, 0.4) is 0 Å². The normalized spacial score (nSPS) is 17.5. The fraction of sp³-hybridized carbons (Fsp3) is 0.267. The Balaban J connectivity index is 1.72. The first-order chi connectivity index (χ1) is 17.3. The Kier molecular flexibility index (Phi) is 6.75. The van der Waals surface area contributed by atoms with Crippen LogP contribution in [0.5, 0.6) is 0 Å². The summed E-state index contributed by atoms with van der Waals surface area (Å²) < 4.78 is 3.51. The fourth-order valence-electron chi connectivity index (χ4n) is 5.48. The van der Waals surface area contributed by atoms with Crippen molar-refractivity contribution in [2.24, 2.45) is 0 Å². The number of anilines is 1. The SMILES string of the molecule is CCc1cccc(C)c1-n1c(C)cc(C2C(c3ccccn3)NC(=S)N2c2ccc(Br)c(C)c2)c1C. The molecule has 184 valence electrons. The Morgan fingerprint density at radius 2 is 1.78 bits per heavy atom. The van der Waals surface area contributed by atoms with Gasteiger partial charge in [-0.15, -0.1) is 0 Å². The minimum atomic E-state index is -0.0703. The van der Waals surface area contributed by atoms with E-state index >= 15 is 0 Å². The van der Waals surface area contributed by atoms with Crippen molar-refractivity contribution in [3.05, 3.63) is 111 Å². The predicted octanol–water partition coefficient (Wildman–Crippen LogP) is 7.61. The van der Waals surface area contributed by atoms with Crippen molar-refractivity contribution < 1.29 is 0 Å². The molecule has 2 atom stereocenters. The molecule has 0 radical (unpaired) electrons. The third-order valence-electron chi connectivity index (χ3n) is 7.23. The molecule has 5 rings (SSSR count). The molecular formula is C30H31BrN4S. The zero-order valence-electron chi connectivity index (χ0n) is 21.3. The molecular weight excluding hydrogens is 528 g/mol. The van der Waals surface area contributed by atoms with Crippen molar-refractivity contribution in [2.45, 2.75) is 53.1 Å². The van der Waals surface area contributed by atoms with Crippen LogP contribution in [0, 0.1) is 27.7 Å². The van der Waals surface area contributed by atoms with Gasteiger partial charge in [0.25, 0.3) is 0 Å². The van der Waals surface area contributed by atoms with Crippen LogP contribution >= 0.6 is 28.1 Å². The zero-order chi connectivity index (χ0) is 25.6. The predicted molar refractivity (Wildman–Crippen MR) is 156 cm³/mol. The Labute approximate surface area is 227 Å². The Morgan fingerprint density at radius 1 is 0.972 bits per heavy atom. The van der Waals surface area contributed by atoms with Crippen LogP contribution in [0.25, 0.3) is 5.69 Å². The summed E-state index contributed by atoms with van der Waals surface area (Å²) in [5, 5.41) is 4.32. The number of hydrogen-bond acceptors (Lipinski definition) is 2. The van der Waals surface area contributed by atoms with E-state index in [1.807, 2.05) is 18.3 Å². The smallest absolute Gasteiger partial charge is 0.174 e. The van der Waals surface area contributed by atoms with Crippen molar-refractivity contribution in [3.8, 4) is 5.69 Å². The summed E-state index contributed by atoms with van der Waals surface area (Å²) in [6, 6.07) is 21.3. The molecule has 0 saturated carbocycles. The van der Waals surface area contributed by atoms with Gasteiger partial charge in [-0.3, -0.25) is 4.98 Å². The maximum atomic E-state index is 5.96. The number of halogens is 1. The van der Waals surface area contributed by atoms with Crippen molar-refractivity contribution in [2.75, 3.05) is 4.90 Å². The van der Waals surface area contributed by atoms with Gasteiger partial charge in [-0.2, -0.15) is 0 Å². The van der Waals surface area contributed by atoms with Gasteiger partial charge >= 0.3 is 0 Å². The number of benzene rings is 2. The van der Waals surface area contributed by atoms with E-state index in [1.54, 1.807) is 0 Å². The van der Waals surface area contributed by atoms with E-state index in [4.69, 9.17) is 17.2 Å². The molecule has 3 heterocycles. The summed E-state index contributed by atoms with van der Waals surface area (Å²) in [5.41, 5.74) is 10.9. The summed E-state index contributed by atoms with van der Waals surface area (Å²) in [5.74, 6) is 0. The first-order valence-corrected chi connectivity index (χ1v) is 13.6. The molecule has 2 aromatic carbocycles. The molecule has 0 amide bonds. The lowest BCUT2D eigenvalue weighted by Gasteiger charge is -2.29. The van der Waals surface area contributed by atoms with E-state index < -0.39 is 0 Å². The highest BCUT2D eigenvalue weighted by Gasteiger charge is 2.42. The van der Waals surface area contributed by atoms with E-state index in [0.29, 0.717) is 5.11 Å². The van der Waals surface area contributed by atoms with Crippen LogP contribution in [0.1, 0.15) is 58.3 Å². The first-order valence-electron chi connectivity index (χ1n) is 12.4. The van der Waals surface area contributed by atoms with Crippen LogP contribution < -0.4 is 10.2 Å². The third-order valence-corrected chi connectivity index (χ3v) is 8.44. The number of thiocarbonyl (C=S) groups is 1. The summed E-state index contributed by atoms with van der Waals surface area (Å²) in [4.78, 5) is 6.99. The van der Waals surface area contributed by atoms with E-state index in [0.717, 1.165) is 22.3 Å². The fourth-order valence-corrected chi connectivity index (χ4v) is 6.08. The zero-order valence-corrected chi connectivity index (χ0v) is 23.7. The average Bonchev–Trinajstić information content (AvgIpc) is 3.36. The van der Waals surface area contributed by atoms with E-state index in [9.17, 15) is 0 Å². The number of aryl methyl sites for hydroxylation is 4. The summed E-state index contributed by atoms with van der Waals surface area (Å²) in [7, 11) is 0. The minimum Gasteiger partial charge on any atom is -0.351 e. The third kappa shape index (κ3) is 4.16. The van der Waals surface area contributed by atoms with E-state index in [2.05, 4.69) is 114 Å². The Morgan fingerprint density at radius 3 is 2.47 bits per heavy atom. The molecule has 4 nitrogen and oxygen atoms in total. The summed E-state index contributed by atoms with van der Waals surface area (Å²) in [6.45, 7) is 11.0. The number of aromatic nitrogens is 2. The Hall–Kier alpha value is -2.96. The molecule has 1 fully saturated rings. The van der Waals surface area contributed by atoms with Crippen LogP contribution in [0.15, 0.2) is 71.3 Å². The van der Waals surface area contributed by atoms with Crippen molar-refractivity contribution in [1.82, 2.24) is 14.9 Å². The number of nitrogens with one attached hydrogen (secondary N) is 1. The minimum absolute atomic E-state index is 0.0398. The second-order valence-corrected chi connectivity index (χ2v) is 10.8. The van der Waals surface area contributed by atoms with E-state index in [1.165, 1.54) is 39.3 Å². The second-order valence-electron chi connectivity index (χ2n) is 9.53. The van der Waals surface area contributed by atoms with Gasteiger partial charge < -0.3 is 14.8 Å². The molecule has 0 aliphatic carbocycles. The van der Waals surface area contributed by atoms with Gasteiger partial charge in [0.15, 0.2) is 5.11 Å². The van der Waals surface area contributed by atoms with Gasteiger partial charge in [0.1, 0.15) is 0 Å². The molecule has 4 aromatic rings. The number of pyridine rings is 1. The maximum Gasteiger partial charge on any atom is 0.174 e. The van der Waals surface area contributed by atoms with E-state index in [-0.39, 0.29) is 12.1 Å². The van der Waals surface area contributed by atoms with Gasteiger partial charge in [0.2, 0.25) is 0 Å². The van der Waals surface area contributed by atoms with Crippen LogP contribution in [-0.4, -0.2) is 14.7 Å². The number of nitrogens with zero attached hydrogens (tertiary/aromatic N) is 3. The largest absolute Gasteiger partial charge is 0.351 e. The van der Waals surface area contributed by atoms with Gasteiger partial charge in [-0.05, 0) is 105 Å². The summed E-state index contributed by atoms with van der Waals surface area (Å²) in [6.07, 6.45) is 2.84. The standard InChI is InChI=1S/C30H31BrN4S/c1-6-22-11-9-10-18(2)28(22)34-20(4)17-24(21(34)5)29-27(26-12-7-8-15-32-26)33-30(36)35(29)23-13-14-25(31)19(3)16-23/h7-17,27,29H,6H2,1-5H3,(H,33,36). The number of rotatable bonds is 5. The first kappa shape index (κ1) is 24.7. The van der Waals surface area contributed by atoms with Crippen molar-refractivity contribution in [3.63, 3.8) is 0 Å². The van der Waals surface area contributed by atoms with Gasteiger partial charge in [0.05, 0.1) is 23.5 Å². The number of para-hydroxylation sites is 1. The van der Waals surface area contributed by atoms with Gasteiger partial charge in [0, 0.05) is 27.7 Å². The molecule has 6 heteroatoms. The molecule has 0 bridgehead atoms. The molecule has 1 N–H and O–H groups in total. The highest BCUT2D eigenvalue weighted by Crippen LogP contribution is 2.44. The topological polar surface area (TPSA) is 33.1 Å². The molecule has 1 saturated heterocycles. The quantitative estimate of drug-likeness (QED) is 0.255.